The first-order valence-corrected chi connectivity index (χ1v) is 10.3. The number of pyridine rings is 1. The number of halogens is 1. The predicted octanol–water partition coefficient (Wildman–Crippen LogP) is 3.93. The van der Waals surface area contributed by atoms with Crippen LogP contribution in [0.2, 0.25) is 5.02 Å². The number of nitro benzene ring substituents is 1. The van der Waals surface area contributed by atoms with Crippen LogP contribution in [0.4, 0.5) is 5.69 Å². The van der Waals surface area contributed by atoms with Gasteiger partial charge in [-0.2, -0.15) is 0 Å². The van der Waals surface area contributed by atoms with Gasteiger partial charge in [0.25, 0.3) is 17.2 Å². The third-order valence-corrected chi connectivity index (χ3v) is 6.33. The van der Waals surface area contributed by atoms with E-state index in [0.29, 0.717) is 31.0 Å². The van der Waals surface area contributed by atoms with E-state index in [-0.39, 0.29) is 39.8 Å². The third-order valence-electron chi connectivity index (χ3n) is 6.01. The van der Waals surface area contributed by atoms with Crippen molar-refractivity contribution in [2.24, 2.45) is 5.92 Å². The lowest BCUT2D eigenvalue weighted by Gasteiger charge is -2.42. The van der Waals surface area contributed by atoms with E-state index in [2.05, 4.69) is 0 Å². The summed E-state index contributed by atoms with van der Waals surface area (Å²) in [5.41, 5.74) is 1.34. The molecule has 2 unspecified atom stereocenters. The van der Waals surface area contributed by atoms with E-state index in [4.69, 9.17) is 16.0 Å². The molecule has 1 aromatic carbocycles. The number of hydrogen-bond donors (Lipinski definition) is 0. The van der Waals surface area contributed by atoms with Crippen LogP contribution >= 0.6 is 11.6 Å². The van der Waals surface area contributed by atoms with Crippen molar-refractivity contribution < 1.29 is 14.1 Å². The number of amides is 1. The lowest BCUT2D eigenvalue weighted by atomic mass is 9.83. The molecule has 0 radical (unpaired) electrons. The Balaban J connectivity index is 1.38. The van der Waals surface area contributed by atoms with Crippen LogP contribution in [0.5, 0.6) is 0 Å². The fourth-order valence-corrected chi connectivity index (χ4v) is 4.90. The maximum atomic E-state index is 13.1. The number of rotatable bonds is 3. The Bertz CT molecular complexity index is 1260. The number of piperidine rings is 1. The van der Waals surface area contributed by atoms with E-state index in [1.165, 1.54) is 18.2 Å². The van der Waals surface area contributed by atoms with E-state index in [9.17, 15) is 19.7 Å². The Hall–Kier alpha value is -3.39. The van der Waals surface area contributed by atoms with E-state index in [1.54, 1.807) is 29.2 Å². The molecule has 4 heterocycles. The molecule has 1 saturated heterocycles. The molecular formula is C22H18ClN3O5. The third kappa shape index (κ3) is 3.42. The van der Waals surface area contributed by atoms with Gasteiger partial charge < -0.3 is 13.9 Å². The fraction of sp³-hybridized carbons (Fsp3) is 0.273. The fourth-order valence-electron chi connectivity index (χ4n) is 4.63. The van der Waals surface area contributed by atoms with Crippen molar-refractivity contribution in [2.75, 3.05) is 13.1 Å². The summed E-state index contributed by atoms with van der Waals surface area (Å²) >= 11 is 6.18. The zero-order valence-electron chi connectivity index (χ0n) is 16.4. The molecule has 9 heteroatoms. The highest BCUT2D eigenvalue weighted by molar-refractivity contribution is 6.33. The average Bonchev–Trinajstić information content (AvgIpc) is 3.23. The lowest BCUT2D eigenvalue weighted by molar-refractivity contribution is -0.384. The summed E-state index contributed by atoms with van der Waals surface area (Å²) < 4.78 is 7.60. The van der Waals surface area contributed by atoms with Crippen LogP contribution in [0, 0.1) is 16.0 Å². The maximum absolute atomic E-state index is 13.1. The number of hydrogen-bond acceptors (Lipinski definition) is 5. The molecule has 2 aromatic heterocycles. The number of nitro groups is 1. The number of carbonyl (C=O) groups excluding carboxylic acids is 1. The smallest absolute Gasteiger partial charge is 0.289 e. The molecule has 1 fully saturated rings. The van der Waals surface area contributed by atoms with Crippen molar-refractivity contribution >= 4 is 23.2 Å². The van der Waals surface area contributed by atoms with Crippen LogP contribution in [0.3, 0.4) is 0 Å². The lowest BCUT2D eigenvalue weighted by Crippen LogP contribution is -2.49. The Morgan fingerprint density at radius 2 is 1.97 bits per heavy atom. The van der Waals surface area contributed by atoms with Gasteiger partial charge in [-0.1, -0.05) is 17.7 Å². The van der Waals surface area contributed by atoms with Gasteiger partial charge in [0.2, 0.25) is 0 Å². The monoisotopic (exact) mass is 439 g/mol. The second-order valence-electron chi connectivity index (χ2n) is 7.99. The molecule has 2 atom stereocenters. The molecule has 2 bridgehead atoms. The molecule has 1 amide bonds. The minimum absolute atomic E-state index is 0.00243. The van der Waals surface area contributed by atoms with Crippen LogP contribution in [-0.4, -0.2) is 33.4 Å². The zero-order valence-corrected chi connectivity index (χ0v) is 17.1. The van der Waals surface area contributed by atoms with Crippen molar-refractivity contribution in [2.45, 2.75) is 18.9 Å². The number of fused-ring (bicyclic) bond motifs is 4. The first-order chi connectivity index (χ1) is 14.9. The first kappa shape index (κ1) is 19.6. The molecule has 2 aliphatic rings. The highest BCUT2D eigenvalue weighted by Crippen LogP contribution is 2.36. The normalized spacial score (nSPS) is 19.7. The Morgan fingerprint density at radius 3 is 2.74 bits per heavy atom. The van der Waals surface area contributed by atoms with Crippen molar-refractivity contribution in [3.63, 3.8) is 0 Å². The van der Waals surface area contributed by atoms with Crippen LogP contribution in [0.25, 0.3) is 11.3 Å². The van der Waals surface area contributed by atoms with Gasteiger partial charge in [-0.3, -0.25) is 19.7 Å². The molecule has 0 N–H and O–H groups in total. The second kappa shape index (κ2) is 7.39. The number of furan rings is 1. The van der Waals surface area contributed by atoms with E-state index in [1.807, 2.05) is 10.6 Å². The SMILES string of the molecule is O=C(c1ccc(-c2ccc([N+](=O)[O-])cc2Cl)o1)N1CC2CC(C1)c1cccc(=O)n1C2. The van der Waals surface area contributed by atoms with Gasteiger partial charge in [0.05, 0.1) is 9.95 Å². The maximum Gasteiger partial charge on any atom is 0.289 e. The first-order valence-electron chi connectivity index (χ1n) is 9.94. The van der Waals surface area contributed by atoms with Crippen LogP contribution in [0.15, 0.2) is 57.7 Å². The summed E-state index contributed by atoms with van der Waals surface area (Å²) in [5, 5.41) is 11.1. The van der Waals surface area contributed by atoms with Gasteiger partial charge in [-0.25, -0.2) is 0 Å². The molecule has 0 spiro atoms. The minimum Gasteiger partial charge on any atom is -0.451 e. The topological polar surface area (TPSA) is 98.6 Å². The summed E-state index contributed by atoms with van der Waals surface area (Å²) in [6.07, 6.45) is 0.953. The van der Waals surface area contributed by atoms with Crippen LogP contribution in [-0.2, 0) is 6.54 Å². The number of non-ortho nitro benzene ring substituents is 1. The van der Waals surface area contributed by atoms with Crippen LogP contribution in [0.1, 0.15) is 28.6 Å². The van der Waals surface area contributed by atoms with Crippen LogP contribution < -0.4 is 5.56 Å². The Labute approximate surface area is 181 Å². The quantitative estimate of drug-likeness (QED) is 0.455. The van der Waals surface area contributed by atoms with Gasteiger partial charge in [0.15, 0.2) is 5.76 Å². The Kier molecular flexibility index (Phi) is 4.66. The molecule has 2 aliphatic heterocycles. The average molecular weight is 440 g/mol. The van der Waals surface area contributed by atoms with Crippen molar-refractivity contribution in [1.82, 2.24) is 9.47 Å². The molecule has 0 saturated carbocycles. The summed E-state index contributed by atoms with van der Waals surface area (Å²) in [6.45, 7) is 1.69. The summed E-state index contributed by atoms with van der Waals surface area (Å²) in [5.74, 6) is 0.677. The van der Waals surface area contributed by atoms with Gasteiger partial charge in [0, 0.05) is 55.0 Å². The second-order valence-corrected chi connectivity index (χ2v) is 8.40. The summed E-state index contributed by atoms with van der Waals surface area (Å²) in [6, 6.07) is 12.6. The van der Waals surface area contributed by atoms with E-state index >= 15 is 0 Å². The predicted molar refractivity (Wildman–Crippen MR) is 113 cm³/mol. The van der Waals surface area contributed by atoms with Gasteiger partial charge in [0.1, 0.15) is 5.76 Å². The number of carbonyl (C=O) groups is 1. The minimum atomic E-state index is -0.522. The number of likely N-dealkylation sites (tertiary alicyclic amines) is 1. The molecule has 158 valence electrons. The highest BCUT2D eigenvalue weighted by Gasteiger charge is 2.37. The standard InChI is InChI=1S/C22H18ClN3O5/c23-17-9-15(26(29)30)4-5-16(17)19-6-7-20(31-19)22(28)24-10-13-8-14(12-24)18-2-1-3-21(27)25(18)11-13/h1-7,9,13-14H,8,10-12H2. The molecular weight excluding hydrogens is 422 g/mol. The summed E-state index contributed by atoms with van der Waals surface area (Å²) in [4.78, 5) is 37.5. The molecule has 31 heavy (non-hydrogen) atoms. The van der Waals surface area contributed by atoms with E-state index in [0.717, 1.165) is 12.1 Å². The molecule has 3 aromatic rings. The van der Waals surface area contributed by atoms with Crippen molar-refractivity contribution in [3.8, 4) is 11.3 Å². The van der Waals surface area contributed by atoms with Crippen molar-refractivity contribution in [3.05, 3.63) is 85.5 Å². The highest BCUT2D eigenvalue weighted by atomic mass is 35.5. The summed E-state index contributed by atoms with van der Waals surface area (Å²) in [7, 11) is 0. The van der Waals surface area contributed by atoms with Gasteiger partial charge in [-0.15, -0.1) is 0 Å². The molecule has 0 aliphatic carbocycles. The number of aromatic nitrogens is 1. The largest absolute Gasteiger partial charge is 0.451 e. The molecule has 8 nitrogen and oxygen atoms in total. The van der Waals surface area contributed by atoms with Crippen molar-refractivity contribution in [1.29, 1.82) is 0 Å². The van der Waals surface area contributed by atoms with E-state index < -0.39 is 4.92 Å². The van der Waals surface area contributed by atoms with Gasteiger partial charge in [-0.05, 0) is 36.6 Å². The Morgan fingerprint density at radius 1 is 1.13 bits per heavy atom. The number of benzene rings is 1. The molecule has 5 rings (SSSR count). The van der Waals surface area contributed by atoms with Gasteiger partial charge >= 0.3 is 0 Å². The number of nitrogens with zero attached hydrogens (tertiary/aromatic N) is 3. The zero-order chi connectivity index (χ0) is 21.7.